The van der Waals surface area contributed by atoms with Gasteiger partial charge in [-0.2, -0.15) is 5.10 Å². The fraction of sp³-hybridized carbons (Fsp3) is 0.182. The number of hydrogen-bond donors (Lipinski definition) is 1. The highest BCUT2D eigenvalue weighted by Crippen LogP contribution is 2.17. The standard InChI is InChI=1S/C11H12FN3/c1-8-6-14-15(7-8)11-9(5-13)3-2-4-10(11)12/h2-4,6-7H,5,13H2,1H3. The van der Waals surface area contributed by atoms with Crippen LogP contribution in [0.4, 0.5) is 4.39 Å². The lowest BCUT2D eigenvalue weighted by molar-refractivity contribution is 0.607. The van der Waals surface area contributed by atoms with E-state index in [0.29, 0.717) is 12.2 Å². The Morgan fingerprint density at radius 1 is 1.47 bits per heavy atom. The molecule has 2 aromatic rings. The predicted molar refractivity (Wildman–Crippen MR) is 56.2 cm³/mol. The van der Waals surface area contributed by atoms with Crippen molar-refractivity contribution < 1.29 is 4.39 Å². The SMILES string of the molecule is Cc1cnn(-c2c(F)cccc2CN)c1. The Bertz CT molecular complexity index is 476. The molecule has 4 heteroatoms. The first-order chi connectivity index (χ1) is 7.22. The molecule has 2 N–H and O–H groups in total. The maximum absolute atomic E-state index is 13.6. The number of aromatic nitrogens is 2. The molecule has 0 saturated carbocycles. The second-order valence-electron chi connectivity index (χ2n) is 3.41. The molecule has 1 heterocycles. The lowest BCUT2D eigenvalue weighted by Gasteiger charge is -2.08. The zero-order valence-electron chi connectivity index (χ0n) is 8.44. The van der Waals surface area contributed by atoms with E-state index in [1.807, 2.05) is 6.92 Å². The molecule has 0 radical (unpaired) electrons. The highest BCUT2D eigenvalue weighted by molar-refractivity contribution is 5.41. The summed E-state index contributed by atoms with van der Waals surface area (Å²) in [6, 6.07) is 4.86. The van der Waals surface area contributed by atoms with Crippen molar-refractivity contribution in [1.82, 2.24) is 9.78 Å². The Balaban J connectivity index is 2.60. The van der Waals surface area contributed by atoms with E-state index in [9.17, 15) is 4.39 Å². The second kappa shape index (κ2) is 3.82. The van der Waals surface area contributed by atoms with Crippen molar-refractivity contribution in [3.63, 3.8) is 0 Å². The van der Waals surface area contributed by atoms with Crippen molar-refractivity contribution in [2.24, 2.45) is 5.73 Å². The van der Waals surface area contributed by atoms with Crippen molar-refractivity contribution in [1.29, 1.82) is 0 Å². The molecule has 0 amide bonds. The monoisotopic (exact) mass is 205 g/mol. The highest BCUT2D eigenvalue weighted by atomic mass is 19.1. The van der Waals surface area contributed by atoms with Gasteiger partial charge < -0.3 is 5.73 Å². The van der Waals surface area contributed by atoms with Crippen molar-refractivity contribution >= 4 is 0 Å². The maximum atomic E-state index is 13.6. The number of nitrogens with two attached hydrogens (primary N) is 1. The number of halogens is 1. The zero-order valence-corrected chi connectivity index (χ0v) is 8.44. The molecule has 1 aromatic carbocycles. The van der Waals surface area contributed by atoms with Crippen LogP contribution in [0.3, 0.4) is 0 Å². The van der Waals surface area contributed by atoms with Crippen LogP contribution in [0.25, 0.3) is 5.69 Å². The number of benzene rings is 1. The first kappa shape index (κ1) is 9.86. The molecular formula is C11H12FN3. The Labute approximate surface area is 87.3 Å². The van der Waals surface area contributed by atoms with Crippen LogP contribution in [0.5, 0.6) is 0 Å². The van der Waals surface area contributed by atoms with Crippen LogP contribution >= 0.6 is 0 Å². The van der Waals surface area contributed by atoms with Gasteiger partial charge in [-0.05, 0) is 24.1 Å². The van der Waals surface area contributed by atoms with Crippen LogP contribution in [0.1, 0.15) is 11.1 Å². The van der Waals surface area contributed by atoms with Gasteiger partial charge in [0.2, 0.25) is 0 Å². The van der Waals surface area contributed by atoms with Gasteiger partial charge in [0.25, 0.3) is 0 Å². The molecule has 0 fully saturated rings. The van der Waals surface area contributed by atoms with E-state index in [2.05, 4.69) is 5.10 Å². The first-order valence-electron chi connectivity index (χ1n) is 4.71. The van der Waals surface area contributed by atoms with Crippen LogP contribution in [0, 0.1) is 12.7 Å². The summed E-state index contributed by atoms with van der Waals surface area (Å²) in [4.78, 5) is 0. The molecule has 0 saturated heterocycles. The third-order valence-electron chi connectivity index (χ3n) is 2.23. The third kappa shape index (κ3) is 1.76. The van der Waals surface area contributed by atoms with Crippen LogP contribution in [0.15, 0.2) is 30.6 Å². The third-order valence-corrected chi connectivity index (χ3v) is 2.23. The molecule has 2 rings (SSSR count). The lowest BCUT2D eigenvalue weighted by Crippen LogP contribution is -2.07. The minimum atomic E-state index is -0.305. The largest absolute Gasteiger partial charge is 0.326 e. The molecule has 0 aliphatic carbocycles. The molecule has 15 heavy (non-hydrogen) atoms. The number of para-hydroxylation sites is 1. The van der Waals surface area contributed by atoms with Crippen LogP contribution in [0.2, 0.25) is 0 Å². The predicted octanol–water partition coefficient (Wildman–Crippen LogP) is 1.78. The van der Waals surface area contributed by atoms with E-state index in [1.54, 1.807) is 24.5 Å². The average Bonchev–Trinajstić information content (AvgIpc) is 2.64. The molecule has 0 bridgehead atoms. The normalized spacial score (nSPS) is 10.6. The second-order valence-corrected chi connectivity index (χ2v) is 3.41. The zero-order chi connectivity index (χ0) is 10.8. The quantitative estimate of drug-likeness (QED) is 0.812. The summed E-state index contributed by atoms with van der Waals surface area (Å²) in [6.07, 6.45) is 3.46. The van der Waals surface area contributed by atoms with E-state index in [0.717, 1.165) is 11.1 Å². The molecule has 0 aliphatic rings. The van der Waals surface area contributed by atoms with E-state index in [1.165, 1.54) is 10.7 Å². The Hall–Kier alpha value is -1.68. The van der Waals surface area contributed by atoms with Crippen LogP contribution in [-0.4, -0.2) is 9.78 Å². The summed E-state index contributed by atoms with van der Waals surface area (Å²) >= 11 is 0. The molecule has 1 aromatic heterocycles. The van der Waals surface area contributed by atoms with E-state index in [-0.39, 0.29) is 5.82 Å². The van der Waals surface area contributed by atoms with Gasteiger partial charge >= 0.3 is 0 Å². The van der Waals surface area contributed by atoms with Gasteiger partial charge in [0.15, 0.2) is 0 Å². The summed E-state index contributed by atoms with van der Waals surface area (Å²) in [7, 11) is 0. The van der Waals surface area contributed by atoms with E-state index < -0.39 is 0 Å². The molecular weight excluding hydrogens is 193 g/mol. The fourth-order valence-corrected chi connectivity index (χ4v) is 1.52. The van der Waals surface area contributed by atoms with Gasteiger partial charge in [0.1, 0.15) is 11.5 Å². The van der Waals surface area contributed by atoms with Crippen molar-refractivity contribution in [3.8, 4) is 5.69 Å². The first-order valence-corrected chi connectivity index (χ1v) is 4.71. The number of nitrogens with zero attached hydrogens (tertiary/aromatic N) is 2. The van der Waals surface area contributed by atoms with Crippen molar-refractivity contribution in [2.45, 2.75) is 13.5 Å². The summed E-state index contributed by atoms with van der Waals surface area (Å²) in [5, 5.41) is 4.08. The van der Waals surface area contributed by atoms with E-state index >= 15 is 0 Å². The number of hydrogen-bond acceptors (Lipinski definition) is 2. The molecule has 78 valence electrons. The van der Waals surface area contributed by atoms with Gasteiger partial charge in [0.05, 0.1) is 6.20 Å². The van der Waals surface area contributed by atoms with E-state index in [4.69, 9.17) is 5.73 Å². The Morgan fingerprint density at radius 3 is 2.87 bits per heavy atom. The average molecular weight is 205 g/mol. The lowest BCUT2D eigenvalue weighted by atomic mass is 10.1. The number of rotatable bonds is 2. The topological polar surface area (TPSA) is 43.8 Å². The van der Waals surface area contributed by atoms with Gasteiger partial charge in [-0.15, -0.1) is 0 Å². The summed E-state index contributed by atoms with van der Waals surface area (Å²) in [5.41, 5.74) is 7.73. The van der Waals surface area contributed by atoms with Crippen molar-refractivity contribution in [3.05, 3.63) is 47.5 Å². The van der Waals surface area contributed by atoms with Crippen molar-refractivity contribution in [2.75, 3.05) is 0 Å². The molecule has 0 atom stereocenters. The Morgan fingerprint density at radius 2 is 2.27 bits per heavy atom. The summed E-state index contributed by atoms with van der Waals surface area (Å²) in [6.45, 7) is 2.21. The molecule has 3 nitrogen and oxygen atoms in total. The molecule has 0 unspecified atom stereocenters. The fourth-order valence-electron chi connectivity index (χ4n) is 1.52. The van der Waals surface area contributed by atoms with Crippen LogP contribution in [-0.2, 0) is 6.54 Å². The summed E-state index contributed by atoms with van der Waals surface area (Å²) in [5.74, 6) is -0.305. The summed E-state index contributed by atoms with van der Waals surface area (Å²) < 4.78 is 15.1. The van der Waals surface area contributed by atoms with Gasteiger partial charge in [-0.1, -0.05) is 12.1 Å². The number of aryl methyl sites for hydroxylation is 1. The van der Waals surface area contributed by atoms with Crippen LogP contribution < -0.4 is 5.73 Å². The minimum Gasteiger partial charge on any atom is -0.326 e. The smallest absolute Gasteiger partial charge is 0.149 e. The molecule has 0 aliphatic heterocycles. The Kier molecular flexibility index (Phi) is 2.51. The minimum absolute atomic E-state index is 0.298. The maximum Gasteiger partial charge on any atom is 0.149 e. The molecule has 0 spiro atoms. The highest BCUT2D eigenvalue weighted by Gasteiger charge is 2.09. The van der Waals surface area contributed by atoms with Gasteiger partial charge in [-0.25, -0.2) is 9.07 Å². The van der Waals surface area contributed by atoms with Gasteiger partial charge in [-0.3, -0.25) is 0 Å². The van der Waals surface area contributed by atoms with Gasteiger partial charge in [0, 0.05) is 12.7 Å².